The van der Waals surface area contributed by atoms with Gasteiger partial charge in [0.05, 0.1) is 11.7 Å². The fraction of sp³-hybridized carbons (Fsp3) is 0.381. The minimum absolute atomic E-state index is 0.157. The number of rotatable bonds is 5. The van der Waals surface area contributed by atoms with Crippen molar-refractivity contribution in [3.63, 3.8) is 0 Å². The molecule has 3 aromatic rings. The topological polar surface area (TPSA) is 101 Å². The van der Waals surface area contributed by atoms with Crippen LogP contribution >= 0.6 is 0 Å². The first-order valence-corrected chi connectivity index (χ1v) is 11.3. The number of anilines is 2. The van der Waals surface area contributed by atoms with Crippen molar-refractivity contribution in [1.29, 1.82) is 0 Å². The van der Waals surface area contributed by atoms with Gasteiger partial charge in [0, 0.05) is 24.1 Å². The number of pyridine rings is 2. The van der Waals surface area contributed by atoms with Crippen LogP contribution in [0.25, 0.3) is 0 Å². The molecule has 158 valence electrons. The van der Waals surface area contributed by atoms with Crippen LogP contribution in [0, 0.1) is 27.7 Å². The molecule has 1 aliphatic rings. The number of nitrogens with zero attached hydrogens (tertiary/aromatic N) is 4. The molecule has 4 rings (SSSR count). The largest absolute Gasteiger partial charge is 0.360 e. The molecule has 0 bridgehead atoms. The molecule has 0 aromatic carbocycles. The Balaban J connectivity index is 1.70. The van der Waals surface area contributed by atoms with Gasteiger partial charge in [-0.15, -0.1) is 0 Å². The first kappa shape index (κ1) is 20.5. The highest BCUT2D eigenvalue weighted by molar-refractivity contribution is 7.89. The lowest BCUT2D eigenvalue weighted by Crippen LogP contribution is -2.31. The third kappa shape index (κ3) is 3.70. The highest BCUT2D eigenvalue weighted by atomic mass is 32.2. The number of hydrogen-bond donors (Lipinski definition) is 1. The van der Waals surface area contributed by atoms with Gasteiger partial charge >= 0.3 is 0 Å². The molecule has 4 heterocycles. The average molecular weight is 428 g/mol. The van der Waals surface area contributed by atoms with Crippen LogP contribution in [0.3, 0.4) is 0 Å². The Morgan fingerprint density at radius 1 is 1.20 bits per heavy atom. The molecule has 0 saturated carbocycles. The molecule has 0 radical (unpaired) electrons. The molecule has 0 amide bonds. The van der Waals surface area contributed by atoms with E-state index in [-0.39, 0.29) is 10.9 Å². The van der Waals surface area contributed by atoms with Gasteiger partial charge in [-0.2, -0.15) is 4.31 Å². The van der Waals surface area contributed by atoms with Crippen molar-refractivity contribution in [3.8, 4) is 0 Å². The molecule has 8 nitrogen and oxygen atoms in total. The molecule has 1 aliphatic heterocycles. The lowest BCUT2D eigenvalue weighted by Gasteiger charge is -2.24. The Hall–Kier alpha value is -2.78. The Morgan fingerprint density at radius 2 is 2.00 bits per heavy atom. The minimum atomic E-state index is -3.74. The van der Waals surface area contributed by atoms with E-state index in [0.717, 1.165) is 34.9 Å². The van der Waals surface area contributed by atoms with E-state index in [2.05, 4.69) is 20.4 Å². The van der Waals surface area contributed by atoms with E-state index >= 15 is 0 Å². The maximum absolute atomic E-state index is 13.4. The minimum Gasteiger partial charge on any atom is -0.360 e. The maximum Gasteiger partial charge on any atom is 0.249 e. The average Bonchev–Trinajstić information content (AvgIpc) is 3.31. The molecule has 0 aliphatic carbocycles. The molecule has 9 heteroatoms. The number of sulfonamides is 1. The van der Waals surface area contributed by atoms with Gasteiger partial charge in [0.1, 0.15) is 16.4 Å². The third-order valence-electron chi connectivity index (χ3n) is 5.33. The molecule has 1 unspecified atom stereocenters. The monoisotopic (exact) mass is 427 g/mol. The second-order valence-corrected chi connectivity index (χ2v) is 9.47. The maximum atomic E-state index is 13.4. The van der Waals surface area contributed by atoms with Gasteiger partial charge in [-0.1, -0.05) is 11.2 Å². The first-order chi connectivity index (χ1) is 14.3. The van der Waals surface area contributed by atoms with Crippen molar-refractivity contribution in [1.82, 2.24) is 19.4 Å². The second-order valence-electron chi connectivity index (χ2n) is 7.64. The van der Waals surface area contributed by atoms with Crippen LogP contribution in [0.15, 0.2) is 39.9 Å². The predicted octanol–water partition coefficient (Wildman–Crippen LogP) is 3.97. The van der Waals surface area contributed by atoms with Crippen LogP contribution in [0.4, 0.5) is 11.5 Å². The Bertz CT molecular complexity index is 1170. The highest BCUT2D eigenvalue weighted by Crippen LogP contribution is 2.38. The van der Waals surface area contributed by atoms with Crippen molar-refractivity contribution in [2.75, 3.05) is 11.9 Å². The van der Waals surface area contributed by atoms with Gasteiger partial charge in [-0.05, 0) is 64.3 Å². The molecule has 1 fully saturated rings. The van der Waals surface area contributed by atoms with Crippen LogP contribution < -0.4 is 5.32 Å². The summed E-state index contributed by atoms with van der Waals surface area (Å²) in [5, 5.41) is 7.15. The Morgan fingerprint density at radius 3 is 2.70 bits per heavy atom. The van der Waals surface area contributed by atoms with E-state index in [1.165, 1.54) is 4.31 Å². The van der Waals surface area contributed by atoms with Crippen LogP contribution in [0.2, 0.25) is 0 Å². The number of aromatic nitrogens is 3. The highest BCUT2D eigenvalue weighted by Gasteiger charge is 2.40. The van der Waals surface area contributed by atoms with Gasteiger partial charge in [0.25, 0.3) is 0 Å². The van der Waals surface area contributed by atoms with E-state index in [0.29, 0.717) is 24.4 Å². The summed E-state index contributed by atoms with van der Waals surface area (Å²) in [6.07, 6.45) is 3.21. The molecule has 0 spiro atoms. The molecular weight excluding hydrogens is 402 g/mol. The van der Waals surface area contributed by atoms with E-state index in [1.807, 2.05) is 38.1 Å². The molecule has 30 heavy (non-hydrogen) atoms. The molecule has 1 N–H and O–H groups in total. The van der Waals surface area contributed by atoms with Crippen molar-refractivity contribution in [2.45, 2.75) is 51.5 Å². The standard InChI is InChI=1S/C21H25N5O3S/c1-13-7-5-9-22-21(13)24-17-11-14(2)23-18(12-17)19-8-6-10-26(19)30(27,28)20-15(3)25-29-16(20)4/h5,7,9,11-12,19H,6,8,10H2,1-4H3,(H,22,23,24). The summed E-state index contributed by atoms with van der Waals surface area (Å²) in [5.41, 5.74) is 3.77. The summed E-state index contributed by atoms with van der Waals surface area (Å²) in [6, 6.07) is 7.37. The lowest BCUT2D eigenvalue weighted by molar-refractivity contribution is 0.381. The third-order valence-corrected chi connectivity index (χ3v) is 7.48. The van der Waals surface area contributed by atoms with E-state index < -0.39 is 10.0 Å². The zero-order chi connectivity index (χ0) is 21.5. The lowest BCUT2D eigenvalue weighted by atomic mass is 10.1. The van der Waals surface area contributed by atoms with Crippen molar-refractivity contribution >= 4 is 21.5 Å². The van der Waals surface area contributed by atoms with Gasteiger partial charge in [0.2, 0.25) is 10.0 Å². The SMILES string of the molecule is Cc1cc(Nc2ncccc2C)cc(C2CCCN2S(=O)(=O)c2c(C)noc2C)n1. The van der Waals surface area contributed by atoms with E-state index in [1.54, 1.807) is 20.0 Å². The Kier molecular flexibility index (Phi) is 5.33. The number of nitrogens with one attached hydrogen (secondary N) is 1. The fourth-order valence-electron chi connectivity index (χ4n) is 3.97. The molecule has 3 aromatic heterocycles. The summed E-state index contributed by atoms with van der Waals surface area (Å²) in [7, 11) is -3.74. The summed E-state index contributed by atoms with van der Waals surface area (Å²) in [4.78, 5) is 9.20. The zero-order valence-electron chi connectivity index (χ0n) is 17.5. The first-order valence-electron chi connectivity index (χ1n) is 9.89. The fourth-order valence-corrected chi connectivity index (χ4v) is 5.94. The van der Waals surface area contributed by atoms with E-state index in [9.17, 15) is 8.42 Å². The van der Waals surface area contributed by atoms with E-state index in [4.69, 9.17) is 4.52 Å². The summed E-state index contributed by atoms with van der Waals surface area (Å²) < 4.78 is 33.4. The molecular formula is C21H25N5O3S. The van der Waals surface area contributed by atoms with Crippen LogP contribution in [0.1, 0.15) is 47.3 Å². The summed E-state index contributed by atoms with van der Waals surface area (Å²) in [6.45, 7) is 7.60. The second kappa shape index (κ2) is 7.81. The molecule has 1 atom stereocenters. The predicted molar refractivity (Wildman–Crippen MR) is 113 cm³/mol. The van der Waals surface area contributed by atoms with Crippen molar-refractivity contribution in [2.24, 2.45) is 0 Å². The van der Waals surface area contributed by atoms with Gasteiger partial charge in [-0.3, -0.25) is 4.98 Å². The van der Waals surface area contributed by atoms with Crippen molar-refractivity contribution in [3.05, 3.63) is 58.9 Å². The smallest absolute Gasteiger partial charge is 0.249 e. The van der Waals surface area contributed by atoms with Gasteiger partial charge < -0.3 is 9.84 Å². The van der Waals surface area contributed by atoms with Gasteiger partial charge in [0.15, 0.2) is 5.76 Å². The zero-order valence-corrected chi connectivity index (χ0v) is 18.3. The summed E-state index contributed by atoms with van der Waals surface area (Å²) in [5.74, 6) is 1.07. The van der Waals surface area contributed by atoms with Gasteiger partial charge in [-0.25, -0.2) is 13.4 Å². The number of hydrogen-bond acceptors (Lipinski definition) is 7. The quantitative estimate of drug-likeness (QED) is 0.657. The normalized spacial score (nSPS) is 17.4. The Labute approximate surface area is 176 Å². The number of aryl methyl sites for hydroxylation is 4. The van der Waals surface area contributed by atoms with Crippen LogP contribution in [-0.4, -0.2) is 34.4 Å². The van der Waals surface area contributed by atoms with Crippen LogP contribution in [-0.2, 0) is 10.0 Å². The molecule has 1 saturated heterocycles. The van der Waals surface area contributed by atoms with Crippen molar-refractivity contribution < 1.29 is 12.9 Å². The van der Waals surface area contributed by atoms with Crippen LogP contribution in [0.5, 0.6) is 0 Å². The summed E-state index contributed by atoms with van der Waals surface area (Å²) >= 11 is 0.